The van der Waals surface area contributed by atoms with Crippen LogP contribution >= 0.6 is 11.6 Å². The summed E-state index contributed by atoms with van der Waals surface area (Å²) in [6.45, 7) is 0.557. The van der Waals surface area contributed by atoms with E-state index in [9.17, 15) is 14.4 Å². The molecule has 0 radical (unpaired) electrons. The van der Waals surface area contributed by atoms with E-state index in [0.717, 1.165) is 0 Å². The van der Waals surface area contributed by atoms with E-state index in [1.807, 2.05) is 0 Å². The summed E-state index contributed by atoms with van der Waals surface area (Å²) in [7, 11) is 1.56. The zero-order chi connectivity index (χ0) is 19.4. The monoisotopic (exact) mass is 389 g/mol. The largest absolute Gasteiger partial charge is 0.467 e. The van der Waals surface area contributed by atoms with Crippen LogP contribution in [0, 0.1) is 5.92 Å². The number of likely N-dealkylation sites (tertiary alicyclic amines) is 1. The molecule has 2 aromatic rings. The lowest BCUT2D eigenvalue weighted by molar-refractivity contribution is -0.137. The van der Waals surface area contributed by atoms with Crippen LogP contribution in [0.1, 0.15) is 12.2 Å². The topological polar surface area (TPSA) is 82.9 Å². The highest BCUT2D eigenvalue weighted by Gasteiger charge is 2.36. The minimum Gasteiger partial charge on any atom is -0.467 e. The molecule has 27 heavy (non-hydrogen) atoms. The zero-order valence-electron chi connectivity index (χ0n) is 14.9. The Hall–Kier alpha value is -2.80. The Labute approximate surface area is 161 Å². The van der Waals surface area contributed by atoms with Crippen molar-refractivity contribution in [2.75, 3.05) is 25.5 Å². The molecule has 3 amide bonds. The molecule has 1 fully saturated rings. The van der Waals surface area contributed by atoms with Crippen LogP contribution in [0.4, 0.5) is 5.69 Å². The molecule has 2 heterocycles. The molecule has 3 rings (SSSR count). The van der Waals surface area contributed by atoms with Gasteiger partial charge >= 0.3 is 0 Å². The first-order chi connectivity index (χ1) is 12.9. The number of anilines is 1. The second-order valence-electron chi connectivity index (χ2n) is 6.51. The Morgan fingerprint density at radius 3 is 2.85 bits per heavy atom. The fourth-order valence-corrected chi connectivity index (χ4v) is 3.24. The molecule has 1 saturated heterocycles. The van der Waals surface area contributed by atoms with Gasteiger partial charge in [0.15, 0.2) is 0 Å². The number of rotatable bonds is 6. The lowest BCUT2D eigenvalue weighted by Crippen LogP contribution is -2.39. The summed E-state index contributed by atoms with van der Waals surface area (Å²) in [5, 5.41) is 3.21. The van der Waals surface area contributed by atoms with E-state index < -0.39 is 5.92 Å². The van der Waals surface area contributed by atoms with Crippen LogP contribution in [0.25, 0.3) is 0 Å². The van der Waals surface area contributed by atoms with Crippen molar-refractivity contribution in [3.05, 3.63) is 53.4 Å². The highest BCUT2D eigenvalue weighted by atomic mass is 35.5. The van der Waals surface area contributed by atoms with E-state index in [1.54, 1.807) is 54.6 Å². The number of amides is 3. The molecule has 1 aromatic carbocycles. The third kappa shape index (κ3) is 4.89. The number of carbonyl (C=O) groups excluding carboxylic acids is 3. The summed E-state index contributed by atoms with van der Waals surface area (Å²) < 4.78 is 5.25. The van der Waals surface area contributed by atoms with Crippen molar-refractivity contribution in [3.8, 4) is 0 Å². The number of carbonyl (C=O) groups is 3. The fraction of sp³-hybridized carbons (Fsp3) is 0.316. The SMILES string of the molecule is CN(CC(=O)Nc1cccc(Cl)c1)C(=O)C1CC(=O)N(Cc2ccco2)C1. The minimum atomic E-state index is -0.462. The molecular weight excluding hydrogens is 370 g/mol. The van der Waals surface area contributed by atoms with E-state index in [4.69, 9.17) is 16.0 Å². The Kier molecular flexibility index (Phi) is 5.81. The summed E-state index contributed by atoms with van der Waals surface area (Å²) in [6, 6.07) is 10.3. The number of halogens is 1. The van der Waals surface area contributed by atoms with Crippen molar-refractivity contribution >= 4 is 35.0 Å². The average Bonchev–Trinajstić information content (AvgIpc) is 3.24. The number of nitrogens with zero attached hydrogens (tertiary/aromatic N) is 2. The molecule has 0 spiro atoms. The van der Waals surface area contributed by atoms with Crippen molar-refractivity contribution in [3.63, 3.8) is 0 Å². The summed E-state index contributed by atoms with van der Waals surface area (Å²) in [5.41, 5.74) is 0.564. The van der Waals surface area contributed by atoms with Gasteiger partial charge in [-0.15, -0.1) is 0 Å². The van der Waals surface area contributed by atoms with Gasteiger partial charge in [-0.3, -0.25) is 14.4 Å². The highest BCUT2D eigenvalue weighted by molar-refractivity contribution is 6.30. The standard InChI is InChI=1S/C19H20ClN3O4/c1-22(12-17(24)21-15-5-2-4-14(20)9-15)19(26)13-8-18(25)23(10-13)11-16-6-3-7-27-16/h2-7,9,13H,8,10-12H2,1H3,(H,21,24). The van der Waals surface area contributed by atoms with Crippen molar-refractivity contribution in [1.29, 1.82) is 0 Å². The lowest BCUT2D eigenvalue weighted by atomic mass is 10.1. The Morgan fingerprint density at radius 1 is 1.33 bits per heavy atom. The van der Waals surface area contributed by atoms with E-state index >= 15 is 0 Å². The van der Waals surface area contributed by atoms with Gasteiger partial charge in [0.1, 0.15) is 5.76 Å². The zero-order valence-corrected chi connectivity index (χ0v) is 15.6. The number of likely N-dealkylation sites (N-methyl/N-ethyl adjacent to an activating group) is 1. The average molecular weight is 390 g/mol. The van der Waals surface area contributed by atoms with Crippen LogP contribution in [0.15, 0.2) is 47.1 Å². The van der Waals surface area contributed by atoms with Crippen LogP contribution in [0.2, 0.25) is 5.02 Å². The van der Waals surface area contributed by atoms with Crippen LogP contribution < -0.4 is 5.32 Å². The van der Waals surface area contributed by atoms with Crippen molar-refractivity contribution in [2.24, 2.45) is 5.92 Å². The molecular formula is C19H20ClN3O4. The van der Waals surface area contributed by atoms with Crippen LogP contribution in [-0.2, 0) is 20.9 Å². The molecule has 0 saturated carbocycles. The highest BCUT2D eigenvalue weighted by Crippen LogP contribution is 2.22. The van der Waals surface area contributed by atoms with Crippen molar-refractivity contribution < 1.29 is 18.8 Å². The second-order valence-corrected chi connectivity index (χ2v) is 6.94. The quantitative estimate of drug-likeness (QED) is 0.822. The maximum absolute atomic E-state index is 12.6. The van der Waals surface area contributed by atoms with E-state index in [1.165, 1.54) is 4.90 Å². The van der Waals surface area contributed by atoms with Crippen molar-refractivity contribution in [1.82, 2.24) is 9.80 Å². The molecule has 1 aliphatic heterocycles. The molecule has 1 aliphatic rings. The molecule has 0 aliphatic carbocycles. The van der Waals surface area contributed by atoms with Crippen molar-refractivity contribution in [2.45, 2.75) is 13.0 Å². The molecule has 0 bridgehead atoms. The van der Waals surface area contributed by atoms with E-state index in [0.29, 0.717) is 29.6 Å². The lowest BCUT2D eigenvalue weighted by Gasteiger charge is -2.21. The fourth-order valence-electron chi connectivity index (χ4n) is 3.05. The predicted molar refractivity (Wildman–Crippen MR) is 100.0 cm³/mol. The van der Waals surface area contributed by atoms with Gasteiger partial charge in [0.05, 0.1) is 25.3 Å². The van der Waals surface area contributed by atoms with Gasteiger partial charge < -0.3 is 19.5 Å². The van der Waals surface area contributed by atoms with Crippen LogP contribution in [-0.4, -0.2) is 47.7 Å². The molecule has 142 valence electrons. The number of furan rings is 1. The van der Waals surface area contributed by atoms with Crippen LogP contribution in [0.3, 0.4) is 0 Å². The first kappa shape index (κ1) is 19.0. The first-order valence-electron chi connectivity index (χ1n) is 8.53. The second kappa shape index (κ2) is 8.26. The van der Waals surface area contributed by atoms with Gasteiger partial charge in [0, 0.05) is 30.7 Å². The Morgan fingerprint density at radius 2 is 2.15 bits per heavy atom. The van der Waals surface area contributed by atoms with Gasteiger partial charge in [-0.2, -0.15) is 0 Å². The van der Waals surface area contributed by atoms with Gasteiger partial charge in [0.25, 0.3) is 0 Å². The number of hydrogen-bond donors (Lipinski definition) is 1. The van der Waals surface area contributed by atoms with Gasteiger partial charge in [-0.25, -0.2) is 0 Å². The molecule has 1 aromatic heterocycles. The summed E-state index contributed by atoms with van der Waals surface area (Å²) in [6.07, 6.45) is 1.69. The smallest absolute Gasteiger partial charge is 0.243 e. The van der Waals surface area contributed by atoms with Gasteiger partial charge in [-0.05, 0) is 30.3 Å². The normalized spacial score (nSPS) is 16.4. The maximum atomic E-state index is 12.6. The minimum absolute atomic E-state index is 0.0958. The summed E-state index contributed by atoms with van der Waals surface area (Å²) in [5.74, 6) is -0.444. The molecule has 8 heteroatoms. The number of benzene rings is 1. The molecule has 1 atom stereocenters. The Balaban J connectivity index is 1.52. The van der Waals surface area contributed by atoms with Gasteiger partial charge in [-0.1, -0.05) is 17.7 Å². The maximum Gasteiger partial charge on any atom is 0.243 e. The predicted octanol–water partition coefficient (Wildman–Crippen LogP) is 2.38. The third-order valence-corrected chi connectivity index (χ3v) is 4.59. The number of nitrogens with one attached hydrogen (secondary N) is 1. The third-order valence-electron chi connectivity index (χ3n) is 4.36. The summed E-state index contributed by atoms with van der Waals surface area (Å²) >= 11 is 5.89. The first-order valence-corrected chi connectivity index (χ1v) is 8.90. The number of hydrogen-bond acceptors (Lipinski definition) is 4. The Bertz CT molecular complexity index is 837. The van der Waals surface area contributed by atoms with Crippen LogP contribution in [0.5, 0.6) is 0 Å². The van der Waals surface area contributed by atoms with E-state index in [2.05, 4.69) is 5.32 Å². The van der Waals surface area contributed by atoms with Gasteiger partial charge in [0.2, 0.25) is 17.7 Å². The van der Waals surface area contributed by atoms with E-state index in [-0.39, 0.29) is 30.7 Å². The molecule has 7 nitrogen and oxygen atoms in total. The molecule has 1 unspecified atom stereocenters. The molecule has 1 N–H and O–H groups in total. The summed E-state index contributed by atoms with van der Waals surface area (Å²) in [4.78, 5) is 39.9.